The Hall–Kier alpha value is -2.74. The number of rotatable bonds is 4. The number of nitrogen functional groups attached to an aromatic ring is 1. The monoisotopic (exact) mass is 264 g/mol. The molecule has 0 unspecified atom stereocenters. The van der Waals surface area contributed by atoms with Gasteiger partial charge >= 0.3 is 5.69 Å². The Morgan fingerprint density at radius 1 is 1.37 bits per heavy atom. The molecule has 0 fully saturated rings. The minimum absolute atomic E-state index is 0.0594. The number of hydrogen-bond donors (Lipinski definition) is 2. The van der Waals surface area contributed by atoms with Gasteiger partial charge in [0.25, 0.3) is 0 Å². The molecule has 3 N–H and O–H groups in total. The van der Waals surface area contributed by atoms with Crippen molar-refractivity contribution in [3.8, 4) is 11.6 Å². The van der Waals surface area contributed by atoms with Gasteiger partial charge in [-0.3, -0.25) is 10.1 Å². The van der Waals surface area contributed by atoms with Gasteiger partial charge in [0, 0.05) is 18.2 Å². The quantitative estimate of drug-likeness (QED) is 0.498. The molecule has 8 heteroatoms. The second kappa shape index (κ2) is 5.27. The number of benzene rings is 1. The number of pyridine rings is 1. The molecule has 1 aromatic carbocycles. The van der Waals surface area contributed by atoms with Gasteiger partial charge in [0.2, 0.25) is 11.6 Å². The van der Waals surface area contributed by atoms with Crippen molar-refractivity contribution in [2.24, 2.45) is 5.84 Å². The standard InChI is InChI=1S/C11H9FN4O3/c12-7-4-5-8(16(17)18)9(6-7)19-11-3-1-2-10(14-11)15-13/h1-6H,13H2,(H,14,15). The number of anilines is 1. The van der Waals surface area contributed by atoms with E-state index in [1.807, 2.05) is 0 Å². The molecule has 19 heavy (non-hydrogen) atoms. The molecule has 2 aromatic rings. The molecule has 0 aliphatic heterocycles. The molecule has 0 atom stereocenters. The van der Waals surface area contributed by atoms with Crippen LogP contribution >= 0.6 is 0 Å². The lowest BCUT2D eigenvalue weighted by Gasteiger charge is -2.06. The van der Waals surface area contributed by atoms with Crippen molar-refractivity contribution in [2.75, 3.05) is 5.43 Å². The molecular formula is C11H9FN4O3. The maximum atomic E-state index is 13.1. The molecule has 7 nitrogen and oxygen atoms in total. The first-order valence-corrected chi connectivity index (χ1v) is 5.15. The maximum absolute atomic E-state index is 13.1. The minimum atomic E-state index is -0.667. The predicted molar refractivity (Wildman–Crippen MR) is 65.2 cm³/mol. The van der Waals surface area contributed by atoms with Crippen molar-refractivity contribution in [2.45, 2.75) is 0 Å². The summed E-state index contributed by atoms with van der Waals surface area (Å²) in [5, 5.41) is 10.8. The summed E-state index contributed by atoms with van der Waals surface area (Å²) >= 11 is 0. The van der Waals surface area contributed by atoms with E-state index in [9.17, 15) is 14.5 Å². The van der Waals surface area contributed by atoms with Crippen molar-refractivity contribution < 1.29 is 14.1 Å². The Morgan fingerprint density at radius 3 is 2.84 bits per heavy atom. The van der Waals surface area contributed by atoms with Crippen LogP contribution in [0.3, 0.4) is 0 Å². The number of aromatic nitrogens is 1. The SMILES string of the molecule is NNc1cccc(Oc2cc(F)ccc2[N+](=O)[O-])n1. The number of ether oxygens (including phenoxy) is 1. The van der Waals surface area contributed by atoms with Crippen LogP contribution in [0.15, 0.2) is 36.4 Å². The van der Waals surface area contributed by atoms with Crippen LogP contribution in [-0.2, 0) is 0 Å². The summed E-state index contributed by atoms with van der Waals surface area (Å²) in [6, 6.07) is 7.55. The number of halogens is 1. The zero-order valence-electron chi connectivity index (χ0n) is 9.54. The second-order valence-corrected chi connectivity index (χ2v) is 3.48. The molecule has 98 valence electrons. The van der Waals surface area contributed by atoms with Crippen LogP contribution in [0.4, 0.5) is 15.9 Å². The first kappa shape index (κ1) is 12.7. The summed E-state index contributed by atoms with van der Waals surface area (Å²) in [7, 11) is 0. The van der Waals surface area contributed by atoms with Crippen molar-refractivity contribution in [1.29, 1.82) is 0 Å². The van der Waals surface area contributed by atoms with Crippen LogP contribution in [0, 0.1) is 15.9 Å². The number of nitrogens with two attached hydrogens (primary N) is 1. The number of nitrogens with zero attached hydrogens (tertiary/aromatic N) is 2. The molecule has 0 bridgehead atoms. The smallest absolute Gasteiger partial charge is 0.311 e. The van der Waals surface area contributed by atoms with E-state index in [0.29, 0.717) is 5.82 Å². The van der Waals surface area contributed by atoms with Gasteiger partial charge in [-0.05, 0) is 12.1 Å². The number of nitro benzene ring substituents is 1. The average molecular weight is 264 g/mol. The predicted octanol–water partition coefficient (Wildman–Crippen LogP) is 2.21. The summed E-state index contributed by atoms with van der Waals surface area (Å²) in [4.78, 5) is 14.0. The van der Waals surface area contributed by atoms with Crippen LogP contribution in [0.25, 0.3) is 0 Å². The van der Waals surface area contributed by atoms with Gasteiger partial charge in [0.05, 0.1) is 4.92 Å². The zero-order chi connectivity index (χ0) is 13.8. The molecule has 1 heterocycles. The van der Waals surface area contributed by atoms with E-state index in [4.69, 9.17) is 10.6 Å². The Labute approximate surface area is 107 Å². The van der Waals surface area contributed by atoms with Crippen molar-refractivity contribution in [1.82, 2.24) is 4.98 Å². The minimum Gasteiger partial charge on any atom is -0.432 e. The molecule has 1 aromatic heterocycles. The highest BCUT2D eigenvalue weighted by atomic mass is 19.1. The average Bonchev–Trinajstić information content (AvgIpc) is 2.38. The van der Waals surface area contributed by atoms with Crippen LogP contribution in [0.2, 0.25) is 0 Å². The van der Waals surface area contributed by atoms with Crippen LogP contribution in [0.1, 0.15) is 0 Å². The molecule has 0 aliphatic rings. The summed E-state index contributed by atoms with van der Waals surface area (Å²) in [6.07, 6.45) is 0. The maximum Gasteiger partial charge on any atom is 0.311 e. The van der Waals surface area contributed by atoms with Gasteiger partial charge in [-0.15, -0.1) is 0 Å². The lowest BCUT2D eigenvalue weighted by Crippen LogP contribution is -2.08. The summed E-state index contributed by atoms with van der Waals surface area (Å²) in [5.41, 5.74) is 1.95. The zero-order valence-corrected chi connectivity index (χ0v) is 9.54. The number of nitrogens with one attached hydrogen (secondary N) is 1. The van der Waals surface area contributed by atoms with E-state index in [0.717, 1.165) is 18.2 Å². The van der Waals surface area contributed by atoms with Gasteiger partial charge in [0.1, 0.15) is 11.6 Å². The van der Waals surface area contributed by atoms with E-state index in [-0.39, 0.29) is 17.3 Å². The van der Waals surface area contributed by atoms with Gasteiger partial charge in [-0.25, -0.2) is 10.2 Å². The van der Waals surface area contributed by atoms with Gasteiger partial charge in [0.15, 0.2) is 0 Å². The Bertz CT molecular complexity index is 621. The largest absolute Gasteiger partial charge is 0.432 e. The Morgan fingerprint density at radius 2 is 2.16 bits per heavy atom. The topological polar surface area (TPSA) is 103 Å². The molecule has 0 amide bonds. The normalized spacial score (nSPS) is 10.0. The van der Waals surface area contributed by atoms with Crippen LogP contribution < -0.4 is 16.0 Å². The van der Waals surface area contributed by atoms with E-state index >= 15 is 0 Å². The second-order valence-electron chi connectivity index (χ2n) is 3.48. The van der Waals surface area contributed by atoms with E-state index in [2.05, 4.69) is 10.4 Å². The fourth-order valence-electron chi connectivity index (χ4n) is 1.39. The van der Waals surface area contributed by atoms with Crippen LogP contribution in [-0.4, -0.2) is 9.91 Å². The highest BCUT2D eigenvalue weighted by molar-refractivity contribution is 5.48. The molecular weight excluding hydrogens is 255 g/mol. The third kappa shape index (κ3) is 2.93. The molecule has 0 aliphatic carbocycles. The molecule has 0 saturated carbocycles. The van der Waals surface area contributed by atoms with Crippen molar-refractivity contribution in [3.63, 3.8) is 0 Å². The fourth-order valence-corrected chi connectivity index (χ4v) is 1.39. The molecule has 0 saturated heterocycles. The molecule has 0 spiro atoms. The molecule has 2 rings (SSSR count). The van der Waals surface area contributed by atoms with Gasteiger partial charge in [-0.1, -0.05) is 6.07 Å². The highest BCUT2D eigenvalue weighted by Crippen LogP contribution is 2.31. The molecule has 0 radical (unpaired) electrons. The first-order valence-electron chi connectivity index (χ1n) is 5.15. The van der Waals surface area contributed by atoms with E-state index in [1.54, 1.807) is 12.1 Å². The Balaban J connectivity index is 2.36. The number of hydrogen-bond acceptors (Lipinski definition) is 6. The van der Waals surface area contributed by atoms with Gasteiger partial charge < -0.3 is 10.2 Å². The first-order chi connectivity index (χ1) is 9.10. The van der Waals surface area contributed by atoms with Gasteiger partial charge in [-0.2, -0.15) is 4.98 Å². The van der Waals surface area contributed by atoms with E-state index < -0.39 is 10.7 Å². The van der Waals surface area contributed by atoms with Crippen LogP contribution in [0.5, 0.6) is 11.6 Å². The van der Waals surface area contributed by atoms with Crippen molar-refractivity contribution in [3.05, 3.63) is 52.3 Å². The fraction of sp³-hybridized carbons (Fsp3) is 0. The lowest BCUT2D eigenvalue weighted by molar-refractivity contribution is -0.385. The summed E-state index contributed by atoms with van der Waals surface area (Å²) in [6.45, 7) is 0. The highest BCUT2D eigenvalue weighted by Gasteiger charge is 2.17. The Kier molecular flexibility index (Phi) is 3.53. The van der Waals surface area contributed by atoms with E-state index in [1.165, 1.54) is 6.07 Å². The number of hydrazine groups is 1. The van der Waals surface area contributed by atoms with Crippen molar-refractivity contribution >= 4 is 11.5 Å². The lowest BCUT2D eigenvalue weighted by atomic mass is 10.3. The third-order valence-corrected chi connectivity index (χ3v) is 2.20. The summed E-state index contributed by atoms with van der Waals surface area (Å²) < 4.78 is 18.3. The summed E-state index contributed by atoms with van der Waals surface area (Å²) in [5.74, 6) is 4.68. The third-order valence-electron chi connectivity index (χ3n) is 2.20. The number of nitro groups is 1.